The molecule has 34 heavy (non-hydrogen) atoms. The van der Waals surface area contributed by atoms with Crippen LogP contribution in [-0.2, 0) is 29.6 Å². The predicted octanol–water partition coefficient (Wildman–Crippen LogP) is 2.94. The number of nitrogens with two attached hydrogens (primary N) is 1. The second-order valence-electron chi connectivity index (χ2n) is 7.20. The maximum absolute atomic E-state index is 12.5. The third-order valence-corrected chi connectivity index (χ3v) is 7.21. The number of thioether (sulfide) groups is 1. The molecule has 2 amide bonds. The van der Waals surface area contributed by atoms with Gasteiger partial charge in [-0.3, -0.25) is 9.59 Å². The lowest BCUT2D eigenvalue weighted by Gasteiger charge is -2.08. The van der Waals surface area contributed by atoms with Gasteiger partial charge in [-0.05, 0) is 36.6 Å². The van der Waals surface area contributed by atoms with Gasteiger partial charge in [-0.15, -0.1) is 21.5 Å². The third kappa shape index (κ3) is 5.75. The zero-order valence-corrected chi connectivity index (χ0v) is 20.8. The van der Waals surface area contributed by atoms with Crippen LogP contribution in [0.25, 0.3) is 0 Å². The number of ether oxygens (including phenoxy) is 2. The first-order valence-electron chi connectivity index (χ1n) is 10.3. The number of benzene rings is 1. The van der Waals surface area contributed by atoms with Crippen molar-refractivity contribution in [3.63, 3.8) is 0 Å². The molecule has 0 spiro atoms. The second kappa shape index (κ2) is 11.2. The van der Waals surface area contributed by atoms with Crippen LogP contribution in [0, 0.1) is 6.92 Å². The van der Waals surface area contributed by atoms with Gasteiger partial charge in [0.15, 0.2) is 11.0 Å². The maximum Gasteiger partial charge on any atom is 0.341 e. The molecule has 0 aliphatic carbocycles. The van der Waals surface area contributed by atoms with Crippen LogP contribution >= 0.6 is 23.1 Å². The van der Waals surface area contributed by atoms with Crippen molar-refractivity contribution in [2.45, 2.75) is 32.0 Å². The number of carbonyl (C=O) groups is 3. The van der Waals surface area contributed by atoms with Crippen LogP contribution in [0.4, 0.5) is 5.00 Å². The van der Waals surface area contributed by atoms with Gasteiger partial charge in [-0.1, -0.05) is 30.8 Å². The highest BCUT2D eigenvalue weighted by Gasteiger charge is 2.25. The van der Waals surface area contributed by atoms with Crippen molar-refractivity contribution in [3.8, 4) is 5.75 Å². The van der Waals surface area contributed by atoms with Crippen LogP contribution in [0.2, 0.25) is 0 Å². The minimum absolute atomic E-state index is 0.00871. The number of aryl methyl sites for hydroxylation is 1. The molecule has 3 rings (SSSR count). The molecule has 0 saturated heterocycles. The van der Waals surface area contributed by atoms with Crippen molar-refractivity contribution in [1.29, 1.82) is 0 Å². The van der Waals surface area contributed by atoms with Crippen molar-refractivity contribution >= 4 is 45.9 Å². The molecule has 3 aromatic rings. The van der Waals surface area contributed by atoms with Gasteiger partial charge in [0.25, 0.3) is 5.91 Å². The summed E-state index contributed by atoms with van der Waals surface area (Å²) in [5.41, 5.74) is 7.08. The Bertz CT molecular complexity index is 1200. The highest BCUT2D eigenvalue weighted by atomic mass is 32.2. The molecule has 0 fully saturated rings. The molecule has 1 aromatic carbocycles. The quantitative estimate of drug-likeness (QED) is 0.318. The van der Waals surface area contributed by atoms with Crippen molar-refractivity contribution in [1.82, 2.24) is 14.8 Å². The van der Waals surface area contributed by atoms with Crippen LogP contribution in [-0.4, -0.2) is 45.4 Å². The molecule has 12 heteroatoms. The normalized spacial score (nSPS) is 10.7. The number of aromatic nitrogens is 3. The zero-order valence-electron chi connectivity index (χ0n) is 19.2. The Labute approximate surface area is 204 Å². The summed E-state index contributed by atoms with van der Waals surface area (Å²) in [6.07, 6.45) is 0.958. The number of hydrogen-bond acceptors (Lipinski definition) is 9. The lowest BCUT2D eigenvalue weighted by molar-refractivity contribution is -0.113. The van der Waals surface area contributed by atoms with Crippen LogP contribution in [0.3, 0.4) is 0 Å². The molecule has 0 radical (unpaired) electrons. The third-order valence-electron chi connectivity index (χ3n) is 4.97. The summed E-state index contributed by atoms with van der Waals surface area (Å²) in [6.45, 7) is 3.90. The number of hydrogen-bond donors (Lipinski definition) is 2. The molecule has 0 atom stereocenters. The van der Waals surface area contributed by atoms with E-state index in [1.807, 2.05) is 24.3 Å². The molecule has 0 aliphatic rings. The SMILES string of the molecule is CCc1ccc(OCc2nnc(SCC(=O)Nc3sc(C(N)=O)c(C)c3C(=O)OC)n2C)cc1. The minimum atomic E-state index is -0.683. The molecule has 10 nitrogen and oxygen atoms in total. The summed E-state index contributed by atoms with van der Waals surface area (Å²) in [4.78, 5) is 36.5. The molecular formula is C22H25N5O5S2. The highest BCUT2D eigenvalue weighted by molar-refractivity contribution is 7.99. The predicted molar refractivity (Wildman–Crippen MR) is 129 cm³/mol. The molecule has 2 aromatic heterocycles. The lowest BCUT2D eigenvalue weighted by Crippen LogP contribution is -2.16. The van der Waals surface area contributed by atoms with E-state index in [4.69, 9.17) is 15.2 Å². The van der Waals surface area contributed by atoms with Crippen LogP contribution in [0.15, 0.2) is 29.4 Å². The van der Waals surface area contributed by atoms with Crippen molar-refractivity contribution < 1.29 is 23.9 Å². The van der Waals surface area contributed by atoms with E-state index < -0.39 is 11.9 Å². The molecule has 0 aliphatic heterocycles. The van der Waals surface area contributed by atoms with Gasteiger partial charge < -0.3 is 25.1 Å². The van der Waals surface area contributed by atoms with Crippen molar-refractivity contribution in [2.24, 2.45) is 12.8 Å². The van der Waals surface area contributed by atoms with E-state index in [1.54, 1.807) is 18.5 Å². The van der Waals surface area contributed by atoms with Gasteiger partial charge in [0.2, 0.25) is 5.91 Å². The zero-order chi connectivity index (χ0) is 24.8. The fourth-order valence-corrected chi connectivity index (χ4v) is 4.84. The van der Waals surface area contributed by atoms with Crippen molar-refractivity contribution in [2.75, 3.05) is 18.2 Å². The molecule has 0 bridgehead atoms. The number of primary amides is 1. The number of esters is 1. The molecule has 0 unspecified atom stereocenters. The average Bonchev–Trinajstić information content (AvgIpc) is 3.35. The Morgan fingerprint density at radius 3 is 2.53 bits per heavy atom. The Hall–Kier alpha value is -3.38. The van der Waals surface area contributed by atoms with E-state index >= 15 is 0 Å². The molecular weight excluding hydrogens is 478 g/mol. The van der Waals surface area contributed by atoms with Gasteiger partial charge >= 0.3 is 5.97 Å². The Kier molecular flexibility index (Phi) is 8.29. The topological polar surface area (TPSA) is 138 Å². The molecule has 0 saturated carbocycles. The molecule has 180 valence electrons. The Morgan fingerprint density at radius 2 is 1.91 bits per heavy atom. The Morgan fingerprint density at radius 1 is 1.21 bits per heavy atom. The van der Waals surface area contributed by atoms with E-state index in [2.05, 4.69) is 22.4 Å². The number of carbonyl (C=O) groups excluding carboxylic acids is 3. The first-order chi connectivity index (χ1) is 16.2. The Balaban J connectivity index is 1.61. The highest BCUT2D eigenvalue weighted by Crippen LogP contribution is 2.33. The first kappa shape index (κ1) is 25.2. The van der Waals surface area contributed by atoms with Crippen molar-refractivity contribution in [3.05, 3.63) is 51.7 Å². The van der Waals surface area contributed by atoms with E-state index in [-0.39, 0.29) is 33.7 Å². The van der Waals surface area contributed by atoms with E-state index in [0.717, 1.165) is 23.5 Å². The summed E-state index contributed by atoms with van der Waals surface area (Å²) in [5.74, 6) is -0.380. The summed E-state index contributed by atoms with van der Waals surface area (Å²) in [6, 6.07) is 7.85. The monoisotopic (exact) mass is 503 g/mol. The lowest BCUT2D eigenvalue weighted by atomic mass is 10.1. The number of rotatable bonds is 10. The number of amides is 2. The number of methoxy groups -OCH3 is 1. The maximum atomic E-state index is 12.5. The van der Waals surface area contributed by atoms with Crippen LogP contribution < -0.4 is 15.8 Å². The van der Waals surface area contributed by atoms with E-state index in [1.165, 1.54) is 24.4 Å². The van der Waals surface area contributed by atoms with Gasteiger partial charge in [0.05, 0.1) is 23.3 Å². The molecule has 2 heterocycles. The summed E-state index contributed by atoms with van der Waals surface area (Å²) in [5, 5.41) is 11.7. The molecule has 3 N–H and O–H groups in total. The van der Waals surface area contributed by atoms with E-state index in [0.29, 0.717) is 16.5 Å². The summed E-state index contributed by atoms with van der Waals surface area (Å²) < 4.78 is 12.3. The number of thiophene rings is 1. The number of anilines is 1. The summed E-state index contributed by atoms with van der Waals surface area (Å²) >= 11 is 2.11. The van der Waals surface area contributed by atoms with Gasteiger partial charge in [0.1, 0.15) is 17.4 Å². The van der Waals surface area contributed by atoms with E-state index in [9.17, 15) is 14.4 Å². The largest absolute Gasteiger partial charge is 0.486 e. The fourth-order valence-electron chi connectivity index (χ4n) is 3.04. The minimum Gasteiger partial charge on any atom is -0.486 e. The van der Waals surface area contributed by atoms with Crippen LogP contribution in [0.5, 0.6) is 5.75 Å². The van der Waals surface area contributed by atoms with Crippen LogP contribution in [0.1, 0.15) is 43.9 Å². The first-order valence-corrected chi connectivity index (χ1v) is 12.1. The fraction of sp³-hybridized carbons (Fsp3) is 0.318. The standard InChI is InChI=1S/C22H25N5O5S2/c1-5-13-6-8-14(9-7-13)32-10-15-25-26-22(27(15)3)33-11-16(28)24-20-17(21(30)31-4)12(2)18(34-20)19(23)29/h6-9H,5,10-11H2,1-4H3,(H2,23,29)(H,24,28). The second-order valence-corrected chi connectivity index (χ2v) is 9.16. The van der Waals surface area contributed by atoms with Gasteiger partial charge in [0, 0.05) is 7.05 Å². The smallest absolute Gasteiger partial charge is 0.341 e. The average molecular weight is 504 g/mol. The number of nitrogens with one attached hydrogen (secondary N) is 1. The van der Waals surface area contributed by atoms with Gasteiger partial charge in [-0.25, -0.2) is 4.79 Å². The summed E-state index contributed by atoms with van der Waals surface area (Å²) in [7, 11) is 3.01. The number of nitrogens with zero attached hydrogens (tertiary/aromatic N) is 3. The van der Waals surface area contributed by atoms with Gasteiger partial charge in [-0.2, -0.15) is 0 Å².